The molecule has 0 aliphatic heterocycles. The number of thioether (sulfide) groups is 1. The average molecular weight is 353 g/mol. The third kappa shape index (κ3) is 4.48. The van der Waals surface area contributed by atoms with Crippen LogP contribution >= 0.6 is 23.4 Å². The molecule has 0 saturated heterocycles. The maximum Gasteiger partial charge on any atom is 0.230 e. The molecule has 23 heavy (non-hydrogen) atoms. The number of hydrogen-bond donors (Lipinski definition) is 1. The molecule has 0 saturated carbocycles. The Kier molecular flexibility index (Phi) is 6.07. The summed E-state index contributed by atoms with van der Waals surface area (Å²) < 4.78 is 1.85. The first-order valence-corrected chi connectivity index (χ1v) is 8.83. The molecule has 0 aliphatic carbocycles. The van der Waals surface area contributed by atoms with Gasteiger partial charge in [-0.05, 0) is 25.0 Å². The zero-order chi connectivity index (χ0) is 17.0. The lowest BCUT2D eigenvalue weighted by Gasteiger charge is -2.17. The van der Waals surface area contributed by atoms with Crippen LogP contribution in [-0.4, -0.2) is 32.5 Å². The average Bonchev–Trinajstić information content (AvgIpc) is 2.86. The molecule has 1 amide bonds. The van der Waals surface area contributed by atoms with Gasteiger partial charge in [0.25, 0.3) is 0 Å². The van der Waals surface area contributed by atoms with E-state index in [0.717, 1.165) is 5.56 Å². The number of aromatic nitrogens is 3. The maximum atomic E-state index is 12.0. The van der Waals surface area contributed by atoms with Crippen molar-refractivity contribution in [1.29, 1.82) is 0 Å². The molecule has 0 radical (unpaired) electrons. The van der Waals surface area contributed by atoms with Crippen LogP contribution in [0.25, 0.3) is 11.4 Å². The predicted octanol–water partition coefficient (Wildman–Crippen LogP) is 3.39. The minimum absolute atomic E-state index is 0.00139. The van der Waals surface area contributed by atoms with Crippen molar-refractivity contribution in [3.05, 3.63) is 29.3 Å². The fourth-order valence-electron chi connectivity index (χ4n) is 1.91. The van der Waals surface area contributed by atoms with E-state index in [-0.39, 0.29) is 11.9 Å². The van der Waals surface area contributed by atoms with Gasteiger partial charge < -0.3 is 9.88 Å². The number of nitrogens with zero attached hydrogens (tertiary/aromatic N) is 3. The molecule has 0 aliphatic rings. The van der Waals surface area contributed by atoms with E-state index in [2.05, 4.69) is 29.4 Å². The standard InChI is InChI=1S/C16H21ClN4OS/c1-10(2)11(3)18-14(22)9-23-16-20-19-15(21(16)4)12-7-5-6-8-13(12)17/h5-8,10-11H,9H2,1-4H3,(H,18,22)/t11-/m0/s1. The molecular weight excluding hydrogens is 332 g/mol. The van der Waals surface area contributed by atoms with Crippen molar-refractivity contribution in [3.63, 3.8) is 0 Å². The van der Waals surface area contributed by atoms with E-state index in [4.69, 9.17) is 11.6 Å². The minimum Gasteiger partial charge on any atom is -0.353 e. The van der Waals surface area contributed by atoms with Gasteiger partial charge >= 0.3 is 0 Å². The number of rotatable bonds is 6. The van der Waals surface area contributed by atoms with Crippen molar-refractivity contribution in [2.24, 2.45) is 13.0 Å². The number of carbonyl (C=O) groups is 1. The molecule has 1 heterocycles. The van der Waals surface area contributed by atoms with Crippen LogP contribution in [0.3, 0.4) is 0 Å². The van der Waals surface area contributed by atoms with Gasteiger partial charge in [0.15, 0.2) is 11.0 Å². The summed E-state index contributed by atoms with van der Waals surface area (Å²) >= 11 is 7.57. The van der Waals surface area contributed by atoms with Crippen LogP contribution in [0, 0.1) is 5.92 Å². The normalized spacial score (nSPS) is 12.4. The molecule has 2 aromatic rings. The largest absolute Gasteiger partial charge is 0.353 e. The highest BCUT2D eigenvalue weighted by Crippen LogP contribution is 2.28. The molecule has 0 unspecified atom stereocenters. The van der Waals surface area contributed by atoms with E-state index in [0.29, 0.717) is 27.7 Å². The molecule has 2 rings (SSSR count). The number of benzene rings is 1. The third-order valence-electron chi connectivity index (χ3n) is 3.67. The van der Waals surface area contributed by atoms with Crippen LogP contribution in [0.15, 0.2) is 29.4 Å². The van der Waals surface area contributed by atoms with Gasteiger partial charge in [0.1, 0.15) is 0 Å². The number of nitrogens with one attached hydrogen (secondary N) is 1. The summed E-state index contributed by atoms with van der Waals surface area (Å²) in [5.74, 6) is 1.41. The Morgan fingerprint density at radius 1 is 1.30 bits per heavy atom. The van der Waals surface area contributed by atoms with Crippen LogP contribution in [0.2, 0.25) is 5.02 Å². The van der Waals surface area contributed by atoms with Crippen LogP contribution in [0.1, 0.15) is 20.8 Å². The van der Waals surface area contributed by atoms with E-state index < -0.39 is 0 Å². The highest BCUT2D eigenvalue weighted by atomic mass is 35.5. The van der Waals surface area contributed by atoms with Crippen molar-refractivity contribution in [2.45, 2.75) is 32.0 Å². The summed E-state index contributed by atoms with van der Waals surface area (Å²) in [6.45, 7) is 6.17. The molecule has 5 nitrogen and oxygen atoms in total. The van der Waals surface area contributed by atoms with Crippen molar-refractivity contribution in [1.82, 2.24) is 20.1 Å². The van der Waals surface area contributed by atoms with Crippen molar-refractivity contribution in [3.8, 4) is 11.4 Å². The van der Waals surface area contributed by atoms with E-state index in [1.165, 1.54) is 11.8 Å². The van der Waals surface area contributed by atoms with Crippen molar-refractivity contribution < 1.29 is 4.79 Å². The van der Waals surface area contributed by atoms with Crippen LogP contribution in [-0.2, 0) is 11.8 Å². The molecule has 124 valence electrons. The van der Waals surface area contributed by atoms with Crippen LogP contribution < -0.4 is 5.32 Å². The molecule has 1 aromatic heterocycles. The lowest BCUT2D eigenvalue weighted by atomic mass is 10.1. The Balaban J connectivity index is 2.03. The second-order valence-electron chi connectivity index (χ2n) is 5.73. The number of halogens is 1. The highest BCUT2D eigenvalue weighted by molar-refractivity contribution is 7.99. The first-order chi connectivity index (χ1) is 10.9. The first kappa shape index (κ1) is 17.8. The topological polar surface area (TPSA) is 59.8 Å². The Morgan fingerprint density at radius 3 is 2.65 bits per heavy atom. The molecule has 1 N–H and O–H groups in total. The quantitative estimate of drug-likeness (QED) is 0.809. The zero-order valence-electron chi connectivity index (χ0n) is 13.7. The zero-order valence-corrected chi connectivity index (χ0v) is 15.3. The Bertz CT molecular complexity index is 686. The molecule has 1 atom stereocenters. The SMILES string of the molecule is CC(C)[C@H](C)NC(=O)CSc1nnc(-c2ccccc2Cl)n1C. The Labute approximate surface area is 145 Å². The van der Waals surface area contributed by atoms with Crippen LogP contribution in [0.4, 0.5) is 0 Å². The molecule has 0 fully saturated rings. The first-order valence-electron chi connectivity index (χ1n) is 7.46. The summed E-state index contributed by atoms with van der Waals surface area (Å²) in [5.41, 5.74) is 0.828. The Morgan fingerprint density at radius 2 is 2.00 bits per heavy atom. The lowest BCUT2D eigenvalue weighted by Crippen LogP contribution is -2.37. The second kappa shape index (κ2) is 7.84. The second-order valence-corrected chi connectivity index (χ2v) is 7.08. The van der Waals surface area contributed by atoms with Gasteiger partial charge in [-0.3, -0.25) is 4.79 Å². The van der Waals surface area contributed by atoms with Gasteiger partial charge in [-0.2, -0.15) is 0 Å². The van der Waals surface area contributed by atoms with E-state index in [9.17, 15) is 4.79 Å². The van der Waals surface area contributed by atoms with Gasteiger partial charge in [0.2, 0.25) is 5.91 Å². The fraction of sp³-hybridized carbons (Fsp3) is 0.438. The number of carbonyl (C=O) groups excluding carboxylic acids is 1. The van der Waals surface area contributed by atoms with Gasteiger partial charge in [-0.15, -0.1) is 10.2 Å². The molecule has 0 spiro atoms. The fourth-order valence-corrected chi connectivity index (χ4v) is 2.85. The molecular formula is C16H21ClN4OS. The minimum atomic E-state index is -0.00139. The van der Waals surface area contributed by atoms with Crippen molar-refractivity contribution in [2.75, 3.05) is 5.75 Å². The van der Waals surface area contributed by atoms with E-state index in [1.807, 2.05) is 42.8 Å². The van der Waals surface area contributed by atoms with Gasteiger partial charge in [-0.25, -0.2) is 0 Å². The van der Waals surface area contributed by atoms with Gasteiger partial charge in [0, 0.05) is 18.7 Å². The summed E-state index contributed by atoms with van der Waals surface area (Å²) in [6.07, 6.45) is 0. The maximum absolute atomic E-state index is 12.0. The molecule has 1 aromatic carbocycles. The van der Waals surface area contributed by atoms with Crippen LogP contribution in [0.5, 0.6) is 0 Å². The van der Waals surface area contributed by atoms with E-state index >= 15 is 0 Å². The summed E-state index contributed by atoms with van der Waals surface area (Å²) in [7, 11) is 1.87. The number of hydrogen-bond acceptors (Lipinski definition) is 4. The lowest BCUT2D eigenvalue weighted by molar-refractivity contribution is -0.119. The Hall–Kier alpha value is -1.53. The van der Waals surface area contributed by atoms with Gasteiger partial charge in [-0.1, -0.05) is 49.3 Å². The highest BCUT2D eigenvalue weighted by Gasteiger charge is 2.16. The van der Waals surface area contributed by atoms with Crippen molar-refractivity contribution >= 4 is 29.3 Å². The van der Waals surface area contributed by atoms with Gasteiger partial charge in [0.05, 0.1) is 10.8 Å². The monoisotopic (exact) mass is 352 g/mol. The van der Waals surface area contributed by atoms with E-state index in [1.54, 1.807) is 0 Å². The smallest absolute Gasteiger partial charge is 0.230 e. The summed E-state index contributed by atoms with van der Waals surface area (Å²) in [5, 5.41) is 12.6. The summed E-state index contributed by atoms with van der Waals surface area (Å²) in [6, 6.07) is 7.65. The molecule has 7 heteroatoms. The third-order valence-corrected chi connectivity index (χ3v) is 5.02. The summed E-state index contributed by atoms with van der Waals surface area (Å²) in [4.78, 5) is 12.0. The number of amides is 1. The predicted molar refractivity (Wildman–Crippen MR) is 94.6 cm³/mol. The molecule has 0 bridgehead atoms.